The largest absolute Gasteiger partial charge is 0.313 e. The first-order chi connectivity index (χ1) is 8.72. The Bertz CT molecular complexity index is 282. The molecule has 0 spiro atoms. The second kappa shape index (κ2) is 7.04. The molecule has 2 aliphatic rings. The summed E-state index contributed by atoms with van der Waals surface area (Å²) in [7, 11) is -0.599. The molecule has 1 N–H and O–H groups in total. The van der Waals surface area contributed by atoms with E-state index >= 15 is 0 Å². The fraction of sp³-hybridized carbons (Fsp3) is 1.00. The van der Waals surface area contributed by atoms with Crippen LogP contribution in [-0.4, -0.2) is 27.3 Å². The summed E-state index contributed by atoms with van der Waals surface area (Å²) < 4.78 is 12.8. The highest BCUT2D eigenvalue weighted by atomic mass is 32.2. The van der Waals surface area contributed by atoms with Crippen molar-refractivity contribution in [2.45, 2.75) is 81.8 Å². The van der Waals surface area contributed by atoms with E-state index in [2.05, 4.69) is 19.2 Å². The summed E-state index contributed by atoms with van der Waals surface area (Å²) in [6.45, 7) is 5.61. The SMILES string of the molecule is CCCNC1CCCC1S(=O)C1CCCC(C)C1. The lowest BCUT2D eigenvalue weighted by molar-refractivity contribution is 0.386. The van der Waals surface area contributed by atoms with Crippen LogP contribution < -0.4 is 5.32 Å². The molecule has 2 nitrogen and oxygen atoms in total. The first-order valence-corrected chi connectivity index (χ1v) is 9.12. The van der Waals surface area contributed by atoms with Gasteiger partial charge in [0.1, 0.15) is 0 Å². The molecule has 18 heavy (non-hydrogen) atoms. The first-order valence-electron chi connectivity index (χ1n) is 7.85. The summed E-state index contributed by atoms with van der Waals surface area (Å²) in [4.78, 5) is 0. The minimum atomic E-state index is -0.599. The molecule has 0 aliphatic heterocycles. The molecule has 5 unspecified atom stereocenters. The second-order valence-corrected chi connectivity index (χ2v) is 8.18. The van der Waals surface area contributed by atoms with Gasteiger partial charge in [-0.05, 0) is 44.6 Å². The lowest BCUT2D eigenvalue weighted by atomic mass is 9.91. The lowest BCUT2D eigenvalue weighted by Crippen LogP contribution is -2.42. The van der Waals surface area contributed by atoms with Gasteiger partial charge in [-0.15, -0.1) is 0 Å². The van der Waals surface area contributed by atoms with Gasteiger partial charge in [-0.25, -0.2) is 0 Å². The average Bonchev–Trinajstić information content (AvgIpc) is 2.83. The van der Waals surface area contributed by atoms with Gasteiger partial charge >= 0.3 is 0 Å². The van der Waals surface area contributed by atoms with E-state index in [1.807, 2.05) is 0 Å². The van der Waals surface area contributed by atoms with Crippen LogP contribution >= 0.6 is 0 Å². The molecule has 0 bridgehead atoms. The van der Waals surface area contributed by atoms with Crippen molar-refractivity contribution >= 4 is 10.8 Å². The normalized spacial score (nSPS) is 38.8. The van der Waals surface area contributed by atoms with Gasteiger partial charge in [-0.3, -0.25) is 4.21 Å². The molecule has 0 aromatic rings. The van der Waals surface area contributed by atoms with Crippen LogP contribution in [0.1, 0.15) is 65.2 Å². The van der Waals surface area contributed by atoms with Gasteiger partial charge in [-0.1, -0.05) is 33.1 Å². The molecule has 2 aliphatic carbocycles. The number of hydrogen-bond acceptors (Lipinski definition) is 2. The zero-order valence-electron chi connectivity index (χ0n) is 12.0. The van der Waals surface area contributed by atoms with Crippen molar-refractivity contribution in [1.82, 2.24) is 5.32 Å². The lowest BCUT2D eigenvalue weighted by Gasteiger charge is -2.30. The minimum absolute atomic E-state index is 0.437. The molecular weight excluding hydrogens is 242 g/mol. The van der Waals surface area contributed by atoms with E-state index < -0.39 is 10.8 Å². The highest BCUT2D eigenvalue weighted by molar-refractivity contribution is 7.86. The van der Waals surface area contributed by atoms with Gasteiger partial charge in [0.15, 0.2) is 0 Å². The zero-order valence-corrected chi connectivity index (χ0v) is 12.8. The molecule has 2 rings (SSSR count). The molecule has 0 aromatic heterocycles. The summed E-state index contributed by atoms with van der Waals surface area (Å²) >= 11 is 0. The molecule has 0 amide bonds. The molecule has 0 saturated heterocycles. The van der Waals surface area contributed by atoms with Gasteiger partial charge in [0.2, 0.25) is 0 Å². The maximum absolute atomic E-state index is 12.8. The van der Waals surface area contributed by atoms with Crippen LogP contribution in [0.5, 0.6) is 0 Å². The second-order valence-electron chi connectivity index (χ2n) is 6.25. The van der Waals surface area contributed by atoms with Crippen LogP contribution in [0.3, 0.4) is 0 Å². The average molecular weight is 271 g/mol. The number of nitrogens with one attached hydrogen (secondary N) is 1. The summed E-state index contributed by atoms with van der Waals surface area (Å²) in [6, 6.07) is 0.531. The molecular formula is C15H29NOS. The Labute approximate surface area is 115 Å². The first kappa shape index (κ1) is 14.5. The maximum Gasteiger partial charge on any atom is 0.0504 e. The van der Waals surface area contributed by atoms with E-state index in [1.165, 1.54) is 51.4 Å². The predicted octanol–water partition coefficient (Wildman–Crippen LogP) is 3.23. The Hall–Kier alpha value is 0.110. The Morgan fingerprint density at radius 3 is 2.67 bits per heavy atom. The fourth-order valence-electron chi connectivity index (χ4n) is 3.60. The Morgan fingerprint density at radius 1 is 1.17 bits per heavy atom. The van der Waals surface area contributed by atoms with E-state index in [1.54, 1.807) is 0 Å². The van der Waals surface area contributed by atoms with E-state index in [0.29, 0.717) is 16.5 Å². The third kappa shape index (κ3) is 3.57. The van der Waals surface area contributed by atoms with Crippen molar-refractivity contribution in [3.63, 3.8) is 0 Å². The predicted molar refractivity (Wildman–Crippen MR) is 79.3 cm³/mol. The van der Waals surface area contributed by atoms with Gasteiger partial charge in [0.25, 0.3) is 0 Å². The number of rotatable bonds is 5. The standard InChI is InChI=1S/C15H29NOS/c1-3-10-16-14-8-5-9-15(14)18(17)13-7-4-6-12(2)11-13/h12-16H,3-11H2,1-2H3. The summed E-state index contributed by atoms with van der Waals surface area (Å²) in [5.74, 6) is 0.788. The quantitative estimate of drug-likeness (QED) is 0.832. The van der Waals surface area contributed by atoms with E-state index in [0.717, 1.165) is 12.5 Å². The molecule has 2 fully saturated rings. The van der Waals surface area contributed by atoms with Crippen molar-refractivity contribution in [2.75, 3.05) is 6.54 Å². The molecule has 5 atom stereocenters. The smallest absolute Gasteiger partial charge is 0.0504 e. The third-order valence-electron chi connectivity index (χ3n) is 4.62. The van der Waals surface area contributed by atoms with Crippen LogP contribution in [0.15, 0.2) is 0 Å². The van der Waals surface area contributed by atoms with Gasteiger partial charge < -0.3 is 5.32 Å². The van der Waals surface area contributed by atoms with Crippen molar-refractivity contribution < 1.29 is 4.21 Å². The van der Waals surface area contributed by atoms with Gasteiger partial charge in [0.05, 0.1) is 5.25 Å². The topological polar surface area (TPSA) is 29.1 Å². The van der Waals surface area contributed by atoms with Crippen LogP contribution in [0.2, 0.25) is 0 Å². The van der Waals surface area contributed by atoms with Crippen molar-refractivity contribution in [1.29, 1.82) is 0 Å². The zero-order chi connectivity index (χ0) is 13.0. The van der Waals surface area contributed by atoms with Crippen molar-refractivity contribution in [3.05, 3.63) is 0 Å². The summed E-state index contributed by atoms with van der Waals surface area (Å²) in [6.07, 6.45) is 9.89. The minimum Gasteiger partial charge on any atom is -0.313 e. The fourth-order valence-corrected chi connectivity index (χ4v) is 5.97. The number of hydrogen-bond donors (Lipinski definition) is 1. The van der Waals surface area contributed by atoms with Crippen LogP contribution in [0, 0.1) is 5.92 Å². The highest BCUT2D eigenvalue weighted by Gasteiger charge is 2.36. The Kier molecular flexibility index (Phi) is 5.68. The monoisotopic (exact) mass is 271 g/mol. The van der Waals surface area contributed by atoms with Crippen molar-refractivity contribution in [2.24, 2.45) is 5.92 Å². The Morgan fingerprint density at radius 2 is 1.94 bits per heavy atom. The highest BCUT2D eigenvalue weighted by Crippen LogP contribution is 2.33. The van der Waals surface area contributed by atoms with Crippen LogP contribution in [0.25, 0.3) is 0 Å². The molecule has 0 aromatic carbocycles. The molecule has 3 heteroatoms. The molecule has 0 heterocycles. The van der Waals surface area contributed by atoms with E-state index in [9.17, 15) is 4.21 Å². The van der Waals surface area contributed by atoms with Crippen LogP contribution in [-0.2, 0) is 10.8 Å². The van der Waals surface area contributed by atoms with E-state index in [-0.39, 0.29) is 0 Å². The summed E-state index contributed by atoms with van der Waals surface area (Å²) in [5.41, 5.74) is 0. The molecule has 2 saturated carbocycles. The Balaban J connectivity index is 1.90. The molecule has 0 radical (unpaired) electrons. The molecule has 106 valence electrons. The van der Waals surface area contributed by atoms with Crippen molar-refractivity contribution in [3.8, 4) is 0 Å². The maximum atomic E-state index is 12.8. The summed E-state index contributed by atoms with van der Waals surface area (Å²) in [5, 5.41) is 4.55. The van der Waals surface area contributed by atoms with Gasteiger partial charge in [-0.2, -0.15) is 0 Å². The van der Waals surface area contributed by atoms with Crippen LogP contribution in [0.4, 0.5) is 0 Å². The van der Waals surface area contributed by atoms with E-state index in [4.69, 9.17) is 0 Å². The third-order valence-corrected chi connectivity index (χ3v) is 6.87. The van der Waals surface area contributed by atoms with Gasteiger partial charge in [0, 0.05) is 22.1 Å².